The zero-order valence-electron chi connectivity index (χ0n) is 10.3. The summed E-state index contributed by atoms with van der Waals surface area (Å²) in [6.45, 7) is 8.90. The molecule has 0 rings (SSSR count). The van der Waals surface area contributed by atoms with Crippen LogP contribution in [0.3, 0.4) is 0 Å². The first-order chi connectivity index (χ1) is 8.26. The van der Waals surface area contributed by atoms with E-state index in [1.165, 1.54) is 13.8 Å². The van der Waals surface area contributed by atoms with Crippen LogP contribution in [0.15, 0.2) is 25.5 Å². The van der Waals surface area contributed by atoms with E-state index in [4.69, 9.17) is 5.11 Å². The van der Waals surface area contributed by atoms with Crippen molar-refractivity contribution < 1.29 is 29.0 Å². The van der Waals surface area contributed by atoms with Crippen LogP contribution >= 0.6 is 0 Å². The van der Waals surface area contributed by atoms with Crippen molar-refractivity contribution in [3.05, 3.63) is 25.5 Å². The molecule has 6 heteroatoms. The SMILES string of the molecule is C=CC(C(C)=O)C(=O)O.C=COC(=O)CC(C)=O. The van der Waals surface area contributed by atoms with Gasteiger partial charge in [0.15, 0.2) is 0 Å². The molecule has 18 heavy (non-hydrogen) atoms. The number of carboxylic acid groups (broad SMARTS) is 1. The van der Waals surface area contributed by atoms with Crippen LogP contribution in [0.25, 0.3) is 0 Å². The molecule has 0 amide bonds. The van der Waals surface area contributed by atoms with Crippen molar-refractivity contribution in [1.29, 1.82) is 0 Å². The second-order valence-corrected chi connectivity index (χ2v) is 3.20. The fourth-order valence-corrected chi connectivity index (χ4v) is 0.779. The number of aliphatic carboxylic acids is 1. The third kappa shape index (κ3) is 10.3. The van der Waals surface area contributed by atoms with E-state index in [9.17, 15) is 19.2 Å². The van der Waals surface area contributed by atoms with E-state index < -0.39 is 23.6 Å². The molecule has 100 valence electrons. The minimum absolute atomic E-state index is 0.175. The highest BCUT2D eigenvalue weighted by molar-refractivity contribution is 5.98. The third-order valence-corrected chi connectivity index (χ3v) is 1.55. The second kappa shape index (κ2) is 9.95. The fraction of sp³-hybridized carbons (Fsp3) is 0.333. The van der Waals surface area contributed by atoms with Gasteiger partial charge in [0, 0.05) is 0 Å². The summed E-state index contributed by atoms with van der Waals surface area (Å²) in [6.07, 6.45) is 1.95. The number of ether oxygens (including phenoxy) is 1. The molecule has 0 fully saturated rings. The number of hydrogen-bond donors (Lipinski definition) is 1. The number of esters is 1. The topological polar surface area (TPSA) is 97.7 Å². The minimum Gasteiger partial charge on any atom is -0.480 e. The molecule has 0 bridgehead atoms. The van der Waals surface area contributed by atoms with Crippen molar-refractivity contribution in [2.24, 2.45) is 5.92 Å². The van der Waals surface area contributed by atoms with Crippen molar-refractivity contribution in [2.75, 3.05) is 0 Å². The van der Waals surface area contributed by atoms with E-state index in [2.05, 4.69) is 17.9 Å². The lowest BCUT2D eigenvalue weighted by molar-refractivity contribution is -0.144. The molecule has 0 saturated carbocycles. The Balaban J connectivity index is 0. The highest BCUT2D eigenvalue weighted by Gasteiger charge is 2.17. The van der Waals surface area contributed by atoms with Gasteiger partial charge >= 0.3 is 11.9 Å². The number of Topliss-reactive ketones (excluding diaryl/α,β-unsaturated/α-hetero) is 2. The monoisotopic (exact) mass is 256 g/mol. The molecule has 0 aliphatic rings. The molecule has 0 aromatic carbocycles. The number of carbonyl (C=O) groups excluding carboxylic acids is 3. The summed E-state index contributed by atoms with van der Waals surface area (Å²) in [4.78, 5) is 41.0. The molecular weight excluding hydrogens is 240 g/mol. The lowest BCUT2D eigenvalue weighted by Crippen LogP contribution is -2.18. The maximum absolute atomic E-state index is 10.4. The van der Waals surface area contributed by atoms with Crippen molar-refractivity contribution in [2.45, 2.75) is 20.3 Å². The maximum atomic E-state index is 10.4. The first kappa shape index (κ1) is 18.1. The van der Waals surface area contributed by atoms with Crippen LogP contribution in [0.4, 0.5) is 0 Å². The third-order valence-electron chi connectivity index (χ3n) is 1.55. The quantitative estimate of drug-likeness (QED) is 0.331. The molecule has 1 unspecified atom stereocenters. The van der Waals surface area contributed by atoms with Gasteiger partial charge in [0.2, 0.25) is 0 Å². The Morgan fingerprint density at radius 3 is 1.89 bits per heavy atom. The molecule has 1 atom stereocenters. The largest absolute Gasteiger partial charge is 0.480 e. The Morgan fingerprint density at radius 2 is 1.72 bits per heavy atom. The Morgan fingerprint density at radius 1 is 1.22 bits per heavy atom. The normalized spacial score (nSPS) is 10.1. The number of rotatable bonds is 6. The van der Waals surface area contributed by atoms with E-state index in [0.717, 1.165) is 12.3 Å². The first-order valence-corrected chi connectivity index (χ1v) is 4.91. The molecular formula is C12H16O6. The first-order valence-electron chi connectivity index (χ1n) is 4.91. The van der Waals surface area contributed by atoms with Gasteiger partial charge in [-0.1, -0.05) is 12.7 Å². The smallest absolute Gasteiger partial charge is 0.318 e. The summed E-state index contributed by atoms with van der Waals surface area (Å²) in [5.74, 6) is -3.33. The number of ketones is 2. The van der Waals surface area contributed by atoms with Crippen LogP contribution in [0.5, 0.6) is 0 Å². The number of hydrogen-bond acceptors (Lipinski definition) is 5. The zero-order valence-corrected chi connectivity index (χ0v) is 10.3. The van der Waals surface area contributed by atoms with Gasteiger partial charge in [-0.3, -0.25) is 19.2 Å². The molecule has 6 nitrogen and oxygen atoms in total. The highest BCUT2D eigenvalue weighted by Crippen LogP contribution is 1.97. The lowest BCUT2D eigenvalue weighted by atomic mass is 10.1. The van der Waals surface area contributed by atoms with Crippen LogP contribution in [0.2, 0.25) is 0 Å². The molecule has 0 radical (unpaired) electrons. The minimum atomic E-state index is -1.14. The molecule has 0 aromatic rings. The molecule has 0 spiro atoms. The van der Waals surface area contributed by atoms with E-state index >= 15 is 0 Å². The summed E-state index contributed by atoms with van der Waals surface area (Å²) in [7, 11) is 0. The molecule has 0 aromatic heterocycles. The van der Waals surface area contributed by atoms with E-state index in [1.54, 1.807) is 0 Å². The summed E-state index contributed by atoms with van der Waals surface area (Å²) < 4.78 is 4.26. The number of carboxylic acids is 1. The molecule has 0 aliphatic carbocycles. The van der Waals surface area contributed by atoms with Gasteiger partial charge in [-0.05, 0) is 13.8 Å². The van der Waals surface area contributed by atoms with Gasteiger partial charge in [0.05, 0.1) is 6.26 Å². The Kier molecular flexibility index (Phi) is 10.0. The average molecular weight is 256 g/mol. The molecule has 1 N–H and O–H groups in total. The summed E-state index contributed by atoms with van der Waals surface area (Å²) in [6, 6.07) is 0. The fourth-order valence-electron chi connectivity index (χ4n) is 0.779. The van der Waals surface area contributed by atoms with E-state index in [0.29, 0.717) is 0 Å². The van der Waals surface area contributed by atoms with Crippen LogP contribution < -0.4 is 0 Å². The van der Waals surface area contributed by atoms with Crippen molar-refractivity contribution in [3.63, 3.8) is 0 Å². The molecule has 0 heterocycles. The van der Waals surface area contributed by atoms with Crippen LogP contribution in [-0.2, 0) is 23.9 Å². The van der Waals surface area contributed by atoms with Gasteiger partial charge in [0.1, 0.15) is 23.9 Å². The van der Waals surface area contributed by atoms with Crippen molar-refractivity contribution in [1.82, 2.24) is 0 Å². The molecule has 0 aliphatic heterocycles. The zero-order chi connectivity index (χ0) is 14.7. The summed E-state index contributed by atoms with van der Waals surface area (Å²) >= 11 is 0. The Bertz CT molecular complexity index is 339. The number of carbonyl (C=O) groups is 4. The Hall–Kier alpha value is -2.24. The summed E-state index contributed by atoms with van der Waals surface area (Å²) in [5.41, 5.74) is 0. The predicted octanol–water partition coefficient (Wildman–Crippen LogP) is 1.11. The summed E-state index contributed by atoms with van der Waals surface area (Å²) in [5, 5.41) is 8.25. The van der Waals surface area contributed by atoms with Gasteiger partial charge in [0.25, 0.3) is 0 Å². The standard InChI is InChI=1S/2C6H8O3/c1-3-9-6(8)4-5(2)7;1-3-5(4(2)7)6(8)9/h3H,1,4H2,2H3;3,5H,1H2,2H3,(H,8,9). The van der Waals surface area contributed by atoms with Crippen LogP contribution in [0, 0.1) is 5.92 Å². The average Bonchev–Trinajstić information content (AvgIpc) is 2.16. The van der Waals surface area contributed by atoms with E-state index in [1.807, 2.05) is 0 Å². The van der Waals surface area contributed by atoms with Crippen LogP contribution in [-0.4, -0.2) is 28.6 Å². The Labute approximate surface area is 105 Å². The maximum Gasteiger partial charge on any atom is 0.318 e. The van der Waals surface area contributed by atoms with Crippen molar-refractivity contribution >= 4 is 23.5 Å². The van der Waals surface area contributed by atoms with Gasteiger partial charge in [-0.2, -0.15) is 0 Å². The highest BCUT2D eigenvalue weighted by atomic mass is 16.5. The van der Waals surface area contributed by atoms with E-state index in [-0.39, 0.29) is 12.2 Å². The predicted molar refractivity (Wildman–Crippen MR) is 63.6 cm³/mol. The van der Waals surface area contributed by atoms with Gasteiger partial charge < -0.3 is 9.84 Å². The second-order valence-electron chi connectivity index (χ2n) is 3.20. The van der Waals surface area contributed by atoms with Crippen molar-refractivity contribution in [3.8, 4) is 0 Å². The van der Waals surface area contributed by atoms with Crippen LogP contribution in [0.1, 0.15) is 20.3 Å². The van der Waals surface area contributed by atoms with Gasteiger partial charge in [-0.15, -0.1) is 6.58 Å². The van der Waals surface area contributed by atoms with Gasteiger partial charge in [-0.25, -0.2) is 0 Å². The lowest BCUT2D eigenvalue weighted by Gasteiger charge is -1.98. The molecule has 0 saturated heterocycles.